The monoisotopic (exact) mass is 430 g/mol. The Morgan fingerprint density at radius 1 is 1.13 bits per heavy atom. The number of rotatable bonds is 7. The summed E-state index contributed by atoms with van der Waals surface area (Å²) in [6.07, 6.45) is -1.65. The fourth-order valence-electron chi connectivity index (χ4n) is 4.50. The van der Waals surface area contributed by atoms with Crippen molar-refractivity contribution in [1.82, 2.24) is 0 Å². The van der Waals surface area contributed by atoms with E-state index in [4.69, 9.17) is 14.3 Å². The average molecular weight is 431 g/mol. The van der Waals surface area contributed by atoms with Crippen molar-refractivity contribution in [3.8, 4) is 0 Å². The molecule has 0 aliphatic carbocycles. The van der Waals surface area contributed by atoms with Gasteiger partial charge in [-0.15, -0.1) is 0 Å². The van der Waals surface area contributed by atoms with Gasteiger partial charge in [0.25, 0.3) is 8.32 Å². The molecule has 0 saturated carbocycles. The number of halogens is 1. The number of ether oxygens (including phenoxy) is 1. The molecule has 4 nitrogen and oxygen atoms in total. The van der Waals surface area contributed by atoms with Gasteiger partial charge in [-0.25, -0.2) is 4.39 Å². The molecule has 1 N–H and O–H groups in total. The molecule has 1 saturated heterocycles. The minimum atomic E-state index is -2.74. The predicted molar refractivity (Wildman–Crippen MR) is 119 cm³/mol. The van der Waals surface area contributed by atoms with Crippen molar-refractivity contribution < 1.29 is 23.5 Å². The van der Waals surface area contributed by atoms with Gasteiger partial charge in [0.15, 0.2) is 0 Å². The van der Waals surface area contributed by atoms with Crippen LogP contribution in [0, 0.1) is 0 Å². The summed E-state index contributed by atoms with van der Waals surface area (Å²) in [4.78, 5) is 11.1. The number of carboxylic acid groups (broad SMARTS) is 1. The van der Waals surface area contributed by atoms with Crippen LogP contribution in [0.1, 0.15) is 40.5 Å². The molecule has 1 aliphatic heterocycles. The molecule has 30 heavy (non-hydrogen) atoms. The Kier molecular flexibility index (Phi) is 6.50. The molecule has 0 radical (unpaired) electrons. The van der Waals surface area contributed by atoms with Crippen LogP contribution in [0.3, 0.4) is 0 Å². The van der Waals surface area contributed by atoms with Crippen molar-refractivity contribution in [3.63, 3.8) is 0 Å². The summed E-state index contributed by atoms with van der Waals surface area (Å²) in [7, 11) is -2.74. The van der Waals surface area contributed by atoms with E-state index in [1.54, 1.807) is 0 Å². The Morgan fingerprint density at radius 2 is 1.63 bits per heavy atom. The number of benzene rings is 2. The first-order valence-electron chi connectivity index (χ1n) is 10.4. The van der Waals surface area contributed by atoms with Gasteiger partial charge in [-0.05, 0) is 22.3 Å². The average Bonchev–Trinajstić information content (AvgIpc) is 2.95. The lowest BCUT2D eigenvalue weighted by atomic mass is 9.96. The van der Waals surface area contributed by atoms with E-state index in [1.807, 2.05) is 36.4 Å². The van der Waals surface area contributed by atoms with Crippen molar-refractivity contribution in [3.05, 3.63) is 60.7 Å². The molecule has 3 atom stereocenters. The van der Waals surface area contributed by atoms with Crippen molar-refractivity contribution >= 4 is 24.7 Å². The zero-order valence-corrected chi connectivity index (χ0v) is 19.1. The van der Waals surface area contributed by atoms with Gasteiger partial charge in [-0.2, -0.15) is 0 Å². The van der Waals surface area contributed by atoms with E-state index in [0.29, 0.717) is 0 Å². The first kappa shape index (κ1) is 22.7. The summed E-state index contributed by atoms with van der Waals surface area (Å²) >= 11 is 0. The molecule has 2 aromatic carbocycles. The number of carboxylic acids is 1. The van der Waals surface area contributed by atoms with Gasteiger partial charge in [0, 0.05) is 6.42 Å². The highest BCUT2D eigenvalue weighted by Crippen LogP contribution is 2.39. The van der Waals surface area contributed by atoms with E-state index in [2.05, 4.69) is 45.0 Å². The Balaban J connectivity index is 1.94. The van der Waals surface area contributed by atoms with Crippen molar-refractivity contribution in [1.29, 1.82) is 0 Å². The second kappa shape index (κ2) is 8.61. The van der Waals surface area contributed by atoms with Gasteiger partial charge in [0.2, 0.25) is 0 Å². The van der Waals surface area contributed by atoms with Crippen molar-refractivity contribution in [2.24, 2.45) is 0 Å². The van der Waals surface area contributed by atoms with Crippen molar-refractivity contribution in [2.45, 2.75) is 63.5 Å². The summed E-state index contributed by atoms with van der Waals surface area (Å²) in [5, 5.41) is 11.2. The number of alkyl halides is 1. The summed E-state index contributed by atoms with van der Waals surface area (Å²) in [5.41, 5.74) is -1.68. The maximum Gasteiger partial charge on any atom is 0.306 e. The minimum Gasteiger partial charge on any atom is -0.481 e. The summed E-state index contributed by atoms with van der Waals surface area (Å²) in [6, 6.07) is 20.5. The molecule has 1 heterocycles. The van der Waals surface area contributed by atoms with Crippen LogP contribution in [0.25, 0.3) is 0 Å². The van der Waals surface area contributed by atoms with Gasteiger partial charge in [0.05, 0.1) is 19.1 Å². The summed E-state index contributed by atoms with van der Waals surface area (Å²) in [5.74, 6) is -1.06. The first-order valence-corrected chi connectivity index (χ1v) is 12.3. The third kappa shape index (κ3) is 4.51. The SMILES string of the molecule is CC(C)(C)[Si](OC[C@@H]1C[C@@](C)(F)[C@H](CC(=O)O)O1)(c1ccccc1)c1ccccc1. The Morgan fingerprint density at radius 3 is 2.07 bits per heavy atom. The Bertz CT molecular complexity index is 809. The molecule has 2 aromatic rings. The van der Waals surface area contributed by atoms with Gasteiger partial charge >= 0.3 is 5.97 Å². The van der Waals surface area contributed by atoms with E-state index in [-0.39, 0.29) is 24.5 Å². The number of hydrogen-bond acceptors (Lipinski definition) is 3. The van der Waals surface area contributed by atoms with Crippen LogP contribution in [0.15, 0.2) is 60.7 Å². The first-order chi connectivity index (χ1) is 14.1. The van der Waals surface area contributed by atoms with Gasteiger partial charge < -0.3 is 14.3 Å². The van der Waals surface area contributed by atoms with Crippen molar-refractivity contribution in [2.75, 3.05) is 6.61 Å². The lowest BCUT2D eigenvalue weighted by molar-refractivity contribution is -0.142. The Hall–Kier alpha value is -2.02. The number of carbonyl (C=O) groups is 1. The molecule has 0 aromatic heterocycles. The molecule has 1 fully saturated rings. The number of hydrogen-bond donors (Lipinski definition) is 1. The highest BCUT2D eigenvalue weighted by atomic mass is 28.4. The van der Waals surface area contributed by atoms with Crippen LogP contribution in [0.5, 0.6) is 0 Å². The Labute approximate surface area is 179 Å². The highest BCUT2D eigenvalue weighted by Gasteiger charge is 2.52. The van der Waals surface area contributed by atoms with E-state index >= 15 is 0 Å². The van der Waals surface area contributed by atoms with E-state index in [9.17, 15) is 9.18 Å². The van der Waals surface area contributed by atoms with Gasteiger partial charge in [-0.1, -0.05) is 81.4 Å². The zero-order chi connectivity index (χ0) is 22.0. The number of aliphatic carboxylic acids is 1. The second-order valence-electron chi connectivity index (χ2n) is 9.30. The van der Waals surface area contributed by atoms with E-state index < -0.39 is 32.2 Å². The molecule has 0 amide bonds. The molecule has 3 rings (SSSR count). The van der Waals surface area contributed by atoms with E-state index in [1.165, 1.54) is 6.92 Å². The summed E-state index contributed by atoms with van der Waals surface area (Å²) in [6.45, 7) is 8.19. The quantitative estimate of drug-likeness (QED) is 0.677. The molecule has 6 heteroatoms. The summed E-state index contributed by atoms with van der Waals surface area (Å²) < 4.78 is 27.6. The largest absolute Gasteiger partial charge is 0.481 e. The van der Waals surface area contributed by atoms with Gasteiger partial charge in [-0.3, -0.25) is 4.79 Å². The fourth-order valence-corrected chi connectivity index (χ4v) is 9.09. The fraction of sp³-hybridized carbons (Fsp3) is 0.458. The maximum atomic E-state index is 15.0. The highest BCUT2D eigenvalue weighted by molar-refractivity contribution is 6.99. The molecule has 1 aliphatic rings. The standard InChI is InChI=1S/C24H31FO4Si/c1-23(2,3)30(19-11-7-5-8-12-19,20-13-9-6-10-14-20)28-17-18-16-24(4,25)21(29-18)15-22(26)27/h5-14,18,21H,15-17H2,1-4H3,(H,26,27)/t18-,21-,24+/m0/s1. The van der Waals surface area contributed by atoms with Crippen LogP contribution in [0.2, 0.25) is 5.04 Å². The molecule has 162 valence electrons. The lowest BCUT2D eigenvalue weighted by Crippen LogP contribution is -2.67. The zero-order valence-electron chi connectivity index (χ0n) is 18.1. The molecular weight excluding hydrogens is 399 g/mol. The van der Waals surface area contributed by atoms with Crippen LogP contribution >= 0.6 is 0 Å². The smallest absolute Gasteiger partial charge is 0.306 e. The van der Waals surface area contributed by atoms with Gasteiger partial charge in [0.1, 0.15) is 11.8 Å². The maximum absolute atomic E-state index is 15.0. The molecular formula is C24H31FO4Si. The van der Waals surface area contributed by atoms with Crippen LogP contribution in [-0.2, 0) is 14.0 Å². The molecule has 0 spiro atoms. The molecule has 0 bridgehead atoms. The van der Waals surface area contributed by atoms with E-state index in [0.717, 1.165) is 10.4 Å². The third-order valence-corrected chi connectivity index (χ3v) is 10.9. The normalized spacial score (nSPS) is 24.7. The molecule has 0 unspecified atom stereocenters. The van der Waals surface area contributed by atoms with Crippen LogP contribution < -0.4 is 10.4 Å². The minimum absolute atomic E-state index is 0.128. The second-order valence-corrected chi connectivity index (χ2v) is 13.6. The third-order valence-electron chi connectivity index (χ3n) is 5.92. The van der Waals surface area contributed by atoms with Crippen LogP contribution in [0.4, 0.5) is 4.39 Å². The van der Waals surface area contributed by atoms with Crippen LogP contribution in [-0.4, -0.2) is 43.9 Å². The topological polar surface area (TPSA) is 55.8 Å². The lowest BCUT2D eigenvalue weighted by Gasteiger charge is -2.43. The predicted octanol–water partition coefficient (Wildman–Crippen LogP) is 3.92.